The third kappa shape index (κ3) is 3.20. The van der Waals surface area contributed by atoms with Crippen molar-refractivity contribution >= 4 is 10.8 Å². The van der Waals surface area contributed by atoms with Crippen molar-refractivity contribution in [2.45, 2.75) is 12.3 Å². The van der Waals surface area contributed by atoms with Gasteiger partial charge in [-0.25, -0.2) is 0 Å². The van der Waals surface area contributed by atoms with Crippen LogP contribution in [0, 0.1) is 23.7 Å². The molecule has 1 atom stereocenters. The summed E-state index contributed by atoms with van der Waals surface area (Å²) in [6.45, 7) is 0. The lowest BCUT2D eigenvalue weighted by molar-refractivity contribution is 0.874. The molecule has 0 bridgehead atoms. The molecule has 3 heteroatoms. The predicted molar refractivity (Wildman–Crippen MR) is 116 cm³/mol. The number of hydrogen-bond donors (Lipinski definition) is 0. The highest BCUT2D eigenvalue weighted by Gasteiger charge is 2.21. The summed E-state index contributed by atoms with van der Waals surface area (Å²) in [6, 6.07) is 24.8. The molecule has 3 nitrogen and oxygen atoms in total. The van der Waals surface area contributed by atoms with Gasteiger partial charge in [-0.2, -0.15) is 0 Å². The van der Waals surface area contributed by atoms with Crippen molar-refractivity contribution in [3.05, 3.63) is 90.8 Å². The minimum Gasteiger partial charge on any atom is -0.277 e. The molecular weight excluding hydrogens is 354 g/mol. The van der Waals surface area contributed by atoms with Crippen LogP contribution >= 0.6 is 0 Å². The van der Waals surface area contributed by atoms with Gasteiger partial charge < -0.3 is 0 Å². The fraction of sp³-hybridized carbons (Fsp3) is 0.0769. The molecular formula is C26H17N3. The fourth-order valence-electron chi connectivity index (χ4n) is 3.58. The highest BCUT2D eigenvalue weighted by atomic mass is 15.3. The SMILES string of the molecule is C1#CC/C=C\C(c2nnc(-c3ccccc3)n2-c2cccc3ccccc23)C#C1. The molecule has 1 aliphatic rings. The molecule has 1 aromatic heterocycles. The van der Waals surface area contributed by atoms with Crippen LogP contribution in [-0.4, -0.2) is 14.8 Å². The van der Waals surface area contributed by atoms with Gasteiger partial charge in [-0.3, -0.25) is 4.57 Å². The molecule has 0 N–H and O–H groups in total. The zero-order chi connectivity index (χ0) is 19.5. The summed E-state index contributed by atoms with van der Waals surface area (Å²) in [6.07, 6.45) is 4.82. The highest BCUT2D eigenvalue weighted by Crippen LogP contribution is 2.31. The molecule has 136 valence electrons. The van der Waals surface area contributed by atoms with Crippen molar-refractivity contribution in [1.82, 2.24) is 14.8 Å². The maximum Gasteiger partial charge on any atom is 0.168 e. The van der Waals surface area contributed by atoms with Crippen LogP contribution in [0.4, 0.5) is 0 Å². The molecule has 0 radical (unpaired) electrons. The molecule has 0 spiro atoms. The minimum absolute atomic E-state index is 0.173. The van der Waals surface area contributed by atoms with E-state index in [0.717, 1.165) is 28.3 Å². The lowest BCUT2D eigenvalue weighted by Gasteiger charge is -2.15. The maximum absolute atomic E-state index is 4.58. The summed E-state index contributed by atoms with van der Waals surface area (Å²) in [7, 11) is 0. The quantitative estimate of drug-likeness (QED) is 0.369. The van der Waals surface area contributed by atoms with Crippen LogP contribution in [-0.2, 0) is 0 Å². The van der Waals surface area contributed by atoms with E-state index in [1.807, 2.05) is 18.2 Å². The van der Waals surface area contributed by atoms with E-state index in [9.17, 15) is 0 Å². The Morgan fingerprint density at radius 1 is 0.828 bits per heavy atom. The second-order valence-corrected chi connectivity index (χ2v) is 6.76. The Kier molecular flexibility index (Phi) is 4.41. The van der Waals surface area contributed by atoms with Crippen molar-refractivity contribution in [1.29, 1.82) is 0 Å². The lowest BCUT2D eigenvalue weighted by Crippen LogP contribution is -2.07. The summed E-state index contributed by atoms with van der Waals surface area (Å²) >= 11 is 0. The normalized spacial score (nSPS) is 16.1. The van der Waals surface area contributed by atoms with Crippen LogP contribution in [0.25, 0.3) is 27.8 Å². The summed E-state index contributed by atoms with van der Waals surface area (Å²) < 4.78 is 2.14. The maximum atomic E-state index is 4.58. The molecule has 0 amide bonds. The Labute approximate surface area is 169 Å². The van der Waals surface area contributed by atoms with E-state index in [2.05, 4.69) is 105 Å². The van der Waals surface area contributed by atoms with Crippen molar-refractivity contribution in [2.75, 3.05) is 0 Å². The summed E-state index contributed by atoms with van der Waals surface area (Å²) in [5.41, 5.74) is 2.06. The third-order valence-corrected chi connectivity index (χ3v) is 4.93. The van der Waals surface area contributed by atoms with Gasteiger partial charge in [0.25, 0.3) is 0 Å². The van der Waals surface area contributed by atoms with Crippen LogP contribution in [0.15, 0.2) is 84.9 Å². The summed E-state index contributed by atoms with van der Waals surface area (Å²) in [5.74, 6) is 13.5. The molecule has 1 heterocycles. The largest absolute Gasteiger partial charge is 0.277 e. The first-order valence-electron chi connectivity index (χ1n) is 9.56. The van der Waals surface area contributed by atoms with E-state index in [1.54, 1.807) is 0 Å². The average molecular weight is 371 g/mol. The summed E-state index contributed by atoms with van der Waals surface area (Å²) in [5, 5.41) is 11.5. The van der Waals surface area contributed by atoms with Gasteiger partial charge in [0.2, 0.25) is 0 Å². The first kappa shape index (κ1) is 17.0. The Bertz CT molecular complexity index is 1330. The molecule has 0 saturated heterocycles. The monoisotopic (exact) mass is 371 g/mol. The molecule has 1 aliphatic carbocycles. The van der Waals surface area contributed by atoms with Gasteiger partial charge in [0.1, 0.15) is 0 Å². The number of benzene rings is 3. The van der Waals surface area contributed by atoms with Crippen LogP contribution in [0.1, 0.15) is 18.2 Å². The predicted octanol–water partition coefficient (Wildman–Crippen LogP) is 5.14. The van der Waals surface area contributed by atoms with Gasteiger partial charge in [0.05, 0.1) is 11.6 Å². The van der Waals surface area contributed by atoms with Crippen LogP contribution < -0.4 is 0 Å². The fourth-order valence-corrected chi connectivity index (χ4v) is 3.58. The van der Waals surface area contributed by atoms with Crippen LogP contribution in [0.3, 0.4) is 0 Å². The van der Waals surface area contributed by atoms with E-state index in [-0.39, 0.29) is 5.92 Å². The van der Waals surface area contributed by atoms with E-state index in [0.29, 0.717) is 6.42 Å². The average Bonchev–Trinajstić information content (AvgIpc) is 3.18. The molecule has 4 aromatic rings. The van der Waals surface area contributed by atoms with Crippen molar-refractivity contribution in [3.8, 4) is 40.8 Å². The van der Waals surface area contributed by atoms with Crippen molar-refractivity contribution < 1.29 is 0 Å². The summed E-state index contributed by atoms with van der Waals surface area (Å²) in [4.78, 5) is 0. The first-order valence-corrected chi connectivity index (χ1v) is 9.56. The smallest absolute Gasteiger partial charge is 0.168 e. The number of hydrogen-bond acceptors (Lipinski definition) is 2. The molecule has 5 rings (SSSR count). The van der Waals surface area contributed by atoms with Crippen LogP contribution in [0.2, 0.25) is 0 Å². The Morgan fingerprint density at radius 3 is 2.59 bits per heavy atom. The number of rotatable bonds is 3. The number of nitrogens with zero attached hydrogens (tertiary/aromatic N) is 3. The minimum atomic E-state index is -0.173. The van der Waals surface area contributed by atoms with Crippen LogP contribution in [0.5, 0.6) is 0 Å². The standard InChI is InChI=1S/C26H17N3/c1-2-5-13-21(14-6-3-1)25-27-28-26(22-15-7-4-8-16-22)29(25)24-19-11-17-20-12-9-10-18-23(20)24/h4-5,7-13,15-19,21H,2H2/b13-5-. The number of fused-ring (bicyclic) bond motifs is 1. The second kappa shape index (κ2) is 7.50. The van der Waals surface area contributed by atoms with Gasteiger partial charge in [-0.15, -0.1) is 10.2 Å². The molecule has 29 heavy (non-hydrogen) atoms. The molecule has 0 saturated carbocycles. The Balaban J connectivity index is 1.80. The molecule has 0 aliphatic heterocycles. The zero-order valence-electron chi connectivity index (χ0n) is 15.7. The van der Waals surface area contributed by atoms with E-state index in [4.69, 9.17) is 0 Å². The van der Waals surface area contributed by atoms with Gasteiger partial charge in [0.15, 0.2) is 11.6 Å². The van der Waals surface area contributed by atoms with E-state index >= 15 is 0 Å². The first-order chi connectivity index (χ1) is 14.4. The van der Waals surface area contributed by atoms with Gasteiger partial charge >= 0.3 is 0 Å². The third-order valence-electron chi connectivity index (χ3n) is 4.93. The second-order valence-electron chi connectivity index (χ2n) is 6.76. The molecule has 3 aromatic carbocycles. The molecule has 0 fully saturated rings. The lowest BCUT2D eigenvalue weighted by atomic mass is 10.0. The van der Waals surface area contributed by atoms with Gasteiger partial charge in [-0.1, -0.05) is 90.7 Å². The number of aromatic nitrogens is 3. The van der Waals surface area contributed by atoms with E-state index < -0.39 is 0 Å². The topological polar surface area (TPSA) is 30.7 Å². The van der Waals surface area contributed by atoms with Gasteiger partial charge in [0, 0.05) is 17.4 Å². The Morgan fingerprint density at radius 2 is 1.66 bits per heavy atom. The van der Waals surface area contributed by atoms with Crippen molar-refractivity contribution in [2.24, 2.45) is 0 Å². The Hall–Kier alpha value is -4.08. The number of allylic oxidation sites excluding steroid dienone is 2. The molecule has 1 unspecified atom stereocenters. The zero-order valence-corrected chi connectivity index (χ0v) is 15.7. The van der Waals surface area contributed by atoms with E-state index in [1.165, 1.54) is 5.39 Å². The van der Waals surface area contributed by atoms with Crippen molar-refractivity contribution in [3.63, 3.8) is 0 Å². The van der Waals surface area contributed by atoms with Gasteiger partial charge in [-0.05, 0) is 23.3 Å². The highest BCUT2D eigenvalue weighted by molar-refractivity contribution is 5.91.